The van der Waals surface area contributed by atoms with Crippen LogP contribution in [0.4, 0.5) is 5.69 Å². The standard InChI is InChI=1S/C26H30N2OS/c1-4-6-7-8-9-13-19(3)27-25(29)22-16-11-17-23-24(22)28-26(30-23)21-15-10-14-20(18-21)12-5-2/h6-11,13-18,26,28H,4-5,12H2,1-3H3,(H,27,29)/b7-6+,9-8-,19-13+. The molecule has 0 radical (unpaired) electrons. The molecule has 2 aromatic rings. The quantitative estimate of drug-likeness (QED) is 0.453. The number of hydrogen-bond acceptors (Lipinski definition) is 3. The first kappa shape index (κ1) is 22.0. The van der Waals surface area contributed by atoms with Gasteiger partial charge in [0, 0.05) is 10.6 Å². The van der Waals surface area contributed by atoms with Crippen molar-refractivity contribution in [3.63, 3.8) is 0 Å². The van der Waals surface area contributed by atoms with E-state index in [1.54, 1.807) is 11.8 Å². The largest absolute Gasteiger partial charge is 0.368 e. The maximum absolute atomic E-state index is 12.9. The first-order chi connectivity index (χ1) is 14.6. The number of amides is 1. The Morgan fingerprint density at radius 1 is 1.13 bits per heavy atom. The van der Waals surface area contributed by atoms with Crippen LogP contribution >= 0.6 is 11.8 Å². The number of nitrogens with one attached hydrogen (secondary N) is 2. The van der Waals surface area contributed by atoms with Gasteiger partial charge < -0.3 is 10.6 Å². The van der Waals surface area contributed by atoms with Crippen LogP contribution in [-0.4, -0.2) is 5.91 Å². The molecule has 0 aromatic heterocycles. The van der Waals surface area contributed by atoms with Gasteiger partial charge in [-0.15, -0.1) is 0 Å². The summed E-state index contributed by atoms with van der Waals surface area (Å²) in [5, 5.41) is 6.68. The Kier molecular flexibility index (Phi) is 7.97. The van der Waals surface area contributed by atoms with Gasteiger partial charge in [0.05, 0.1) is 11.3 Å². The van der Waals surface area contributed by atoms with Crippen LogP contribution in [0.25, 0.3) is 0 Å². The minimum absolute atomic E-state index is 0.0911. The zero-order valence-corrected chi connectivity index (χ0v) is 18.8. The summed E-state index contributed by atoms with van der Waals surface area (Å²) in [5.41, 5.74) is 5.01. The molecule has 1 atom stereocenters. The fraction of sp³-hybridized carbons (Fsp3) is 0.269. The SMILES string of the molecule is CC/C=C/C=C\C=C(/C)NC(=O)c1cccc2c1NC(c1cccc(CCC)c1)S2. The molecule has 30 heavy (non-hydrogen) atoms. The molecule has 0 saturated heterocycles. The summed E-state index contributed by atoms with van der Waals surface area (Å²) in [6.45, 7) is 6.20. The molecule has 2 aromatic carbocycles. The van der Waals surface area contributed by atoms with Crippen molar-refractivity contribution in [1.29, 1.82) is 0 Å². The summed E-state index contributed by atoms with van der Waals surface area (Å²) in [5.74, 6) is -0.0911. The van der Waals surface area contributed by atoms with Gasteiger partial charge in [-0.2, -0.15) is 0 Å². The number of carbonyl (C=O) groups excluding carboxylic acids is 1. The number of allylic oxidation sites excluding steroid dienone is 6. The van der Waals surface area contributed by atoms with E-state index in [1.165, 1.54) is 11.1 Å². The number of fused-ring (bicyclic) bond motifs is 1. The highest BCUT2D eigenvalue weighted by molar-refractivity contribution is 8.00. The number of para-hydroxylation sites is 1. The molecule has 0 bridgehead atoms. The molecule has 2 N–H and O–H groups in total. The number of rotatable bonds is 8. The van der Waals surface area contributed by atoms with Crippen molar-refractivity contribution in [3.8, 4) is 0 Å². The van der Waals surface area contributed by atoms with Crippen LogP contribution in [0.5, 0.6) is 0 Å². The summed E-state index contributed by atoms with van der Waals surface area (Å²) >= 11 is 1.76. The molecule has 0 fully saturated rings. The zero-order chi connectivity index (χ0) is 21.3. The zero-order valence-electron chi connectivity index (χ0n) is 17.9. The van der Waals surface area contributed by atoms with Gasteiger partial charge in [0.15, 0.2) is 0 Å². The molecule has 1 aliphatic heterocycles. The molecule has 1 heterocycles. The molecule has 156 valence electrons. The van der Waals surface area contributed by atoms with Gasteiger partial charge in [-0.05, 0) is 49.1 Å². The van der Waals surface area contributed by atoms with E-state index in [-0.39, 0.29) is 11.3 Å². The number of carbonyl (C=O) groups is 1. The average molecular weight is 419 g/mol. The van der Waals surface area contributed by atoms with Crippen LogP contribution in [-0.2, 0) is 6.42 Å². The van der Waals surface area contributed by atoms with Gasteiger partial charge in [0.25, 0.3) is 5.91 Å². The Bertz CT molecular complexity index is 975. The Balaban J connectivity index is 1.72. The van der Waals surface area contributed by atoms with Crippen LogP contribution in [0.3, 0.4) is 0 Å². The normalized spacial score (nSPS) is 16.1. The van der Waals surface area contributed by atoms with Gasteiger partial charge in [0.2, 0.25) is 0 Å². The second kappa shape index (κ2) is 10.9. The monoisotopic (exact) mass is 418 g/mol. The van der Waals surface area contributed by atoms with Crippen LogP contribution in [0.1, 0.15) is 60.5 Å². The highest BCUT2D eigenvalue weighted by Gasteiger charge is 2.27. The third-order valence-electron chi connectivity index (χ3n) is 4.83. The topological polar surface area (TPSA) is 41.1 Å². The van der Waals surface area contributed by atoms with Crippen molar-refractivity contribution in [3.05, 3.63) is 95.2 Å². The maximum Gasteiger partial charge on any atom is 0.257 e. The minimum Gasteiger partial charge on any atom is -0.368 e. The van der Waals surface area contributed by atoms with Crippen molar-refractivity contribution in [2.45, 2.75) is 50.3 Å². The lowest BCUT2D eigenvalue weighted by Gasteiger charge is -2.13. The Hall–Kier alpha value is -2.72. The van der Waals surface area contributed by atoms with Crippen molar-refractivity contribution in [2.24, 2.45) is 0 Å². The van der Waals surface area contributed by atoms with Gasteiger partial charge in [0.1, 0.15) is 5.37 Å². The third kappa shape index (κ3) is 5.67. The number of aryl methyl sites for hydroxylation is 1. The molecular weight excluding hydrogens is 388 g/mol. The highest BCUT2D eigenvalue weighted by atomic mass is 32.2. The predicted octanol–water partition coefficient (Wildman–Crippen LogP) is 7.01. The molecule has 4 heteroatoms. The number of thioether (sulfide) groups is 1. The Morgan fingerprint density at radius 3 is 2.77 bits per heavy atom. The van der Waals surface area contributed by atoms with E-state index < -0.39 is 0 Å². The Morgan fingerprint density at radius 2 is 1.97 bits per heavy atom. The van der Waals surface area contributed by atoms with E-state index in [0.29, 0.717) is 5.56 Å². The minimum atomic E-state index is -0.0911. The number of anilines is 1. The van der Waals surface area contributed by atoms with Gasteiger partial charge in [-0.3, -0.25) is 4.79 Å². The summed E-state index contributed by atoms with van der Waals surface area (Å²) in [6.07, 6.45) is 13.1. The van der Waals surface area contributed by atoms with E-state index >= 15 is 0 Å². The summed E-state index contributed by atoms with van der Waals surface area (Å²) in [6, 6.07) is 14.6. The second-order valence-electron chi connectivity index (χ2n) is 7.34. The van der Waals surface area contributed by atoms with E-state index in [0.717, 1.165) is 35.5 Å². The first-order valence-electron chi connectivity index (χ1n) is 10.6. The molecule has 3 nitrogen and oxygen atoms in total. The van der Waals surface area contributed by atoms with Crippen molar-refractivity contribution < 1.29 is 4.79 Å². The number of benzene rings is 2. The van der Waals surface area contributed by atoms with E-state index in [1.807, 2.05) is 43.4 Å². The molecule has 0 aliphatic carbocycles. The fourth-order valence-electron chi connectivity index (χ4n) is 3.37. The Labute approximate surface area is 184 Å². The van der Waals surface area contributed by atoms with Crippen molar-refractivity contribution in [2.75, 3.05) is 5.32 Å². The highest BCUT2D eigenvalue weighted by Crippen LogP contribution is 2.48. The molecule has 3 rings (SSSR count). The van der Waals surface area contributed by atoms with Gasteiger partial charge >= 0.3 is 0 Å². The van der Waals surface area contributed by atoms with Crippen LogP contribution in [0.2, 0.25) is 0 Å². The molecule has 1 amide bonds. The lowest BCUT2D eigenvalue weighted by atomic mass is 10.1. The summed E-state index contributed by atoms with van der Waals surface area (Å²) in [7, 11) is 0. The lowest BCUT2D eigenvalue weighted by Crippen LogP contribution is -2.22. The lowest BCUT2D eigenvalue weighted by molar-refractivity contribution is 0.0966. The second-order valence-corrected chi connectivity index (χ2v) is 8.49. The van der Waals surface area contributed by atoms with Crippen LogP contribution < -0.4 is 10.6 Å². The predicted molar refractivity (Wildman–Crippen MR) is 129 cm³/mol. The summed E-state index contributed by atoms with van der Waals surface area (Å²) < 4.78 is 0. The first-order valence-corrected chi connectivity index (χ1v) is 11.5. The fourth-order valence-corrected chi connectivity index (χ4v) is 4.53. The molecule has 0 spiro atoms. The van der Waals surface area contributed by atoms with Crippen molar-refractivity contribution in [1.82, 2.24) is 5.32 Å². The molecule has 1 unspecified atom stereocenters. The van der Waals surface area contributed by atoms with Gasteiger partial charge in [-0.25, -0.2) is 0 Å². The molecule has 0 saturated carbocycles. The van der Waals surface area contributed by atoms with E-state index in [4.69, 9.17) is 0 Å². The molecule has 1 aliphatic rings. The average Bonchev–Trinajstić information content (AvgIpc) is 3.18. The van der Waals surface area contributed by atoms with E-state index in [9.17, 15) is 4.79 Å². The van der Waals surface area contributed by atoms with Crippen LogP contribution in [0.15, 0.2) is 83.4 Å². The molecular formula is C26H30N2OS. The summed E-state index contributed by atoms with van der Waals surface area (Å²) in [4.78, 5) is 14.0. The third-order valence-corrected chi connectivity index (χ3v) is 6.05. The van der Waals surface area contributed by atoms with Gasteiger partial charge in [-0.1, -0.05) is 86.7 Å². The smallest absolute Gasteiger partial charge is 0.257 e. The van der Waals surface area contributed by atoms with E-state index in [2.05, 4.69) is 60.9 Å². The van der Waals surface area contributed by atoms with Crippen molar-refractivity contribution >= 4 is 23.4 Å². The number of hydrogen-bond donors (Lipinski definition) is 2. The maximum atomic E-state index is 12.9. The van der Waals surface area contributed by atoms with Crippen LogP contribution in [0, 0.1) is 0 Å².